The van der Waals surface area contributed by atoms with Crippen LogP contribution in [0.1, 0.15) is 23.7 Å². The molecule has 0 fully saturated rings. The van der Waals surface area contributed by atoms with E-state index < -0.39 is 21.6 Å². The van der Waals surface area contributed by atoms with Crippen LogP contribution in [0.2, 0.25) is 0 Å². The summed E-state index contributed by atoms with van der Waals surface area (Å²) >= 11 is 0. The standard InChI is InChI=1S/C19H19N3O5S/c1-4-8-22(3)28(25,26)12-6-7-15-13(10-12)16-14(19(24)27-9-5-2)11-20-17(16)18(23)21-15/h1,6-7,10-11,20H,5,8-9H2,2-3H3,(H,21,23). The van der Waals surface area contributed by atoms with Crippen LogP contribution in [0.15, 0.2) is 34.1 Å². The molecule has 2 heterocycles. The first-order chi connectivity index (χ1) is 13.3. The van der Waals surface area contributed by atoms with Crippen molar-refractivity contribution in [2.45, 2.75) is 18.2 Å². The van der Waals surface area contributed by atoms with E-state index in [1.54, 1.807) is 0 Å². The zero-order chi connectivity index (χ0) is 20.5. The van der Waals surface area contributed by atoms with Crippen molar-refractivity contribution in [2.75, 3.05) is 20.2 Å². The smallest absolute Gasteiger partial charge is 0.340 e. The molecular weight excluding hydrogens is 382 g/mol. The lowest BCUT2D eigenvalue weighted by atomic mass is 10.1. The van der Waals surface area contributed by atoms with Gasteiger partial charge in [-0.2, -0.15) is 4.31 Å². The Morgan fingerprint density at radius 1 is 1.36 bits per heavy atom. The van der Waals surface area contributed by atoms with Crippen molar-refractivity contribution in [3.8, 4) is 12.3 Å². The Hall–Kier alpha value is -3.09. The van der Waals surface area contributed by atoms with Gasteiger partial charge >= 0.3 is 5.97 Å². The molecular formula is C19H19N3O5S. The Kier molecular flexibility index (Phi) is 5.27. The molecule has 0 atom stereocenters. The maximum absolute atomic E-state index is 12.7. The molecule has 3 aromatic rings. The van der Waals surface area contributed by atoms with E-state index >= 15 is 0 Å². The molecule has 28 heavy (non-hydrogen) atoms. The highest BCUT2D eigenvalue weighted by atomic mass is 32.2. The number of carbonyl (C=O) groups is 1. The van der Waals surface area contributed by atoms with E-state index in [2.05, 4.69) is 15.9 Å². The lowest BCUT2D eigenvalue weighted by Crippen LogP contribution is -2.27. The van der Waals surface area contributed by atoms with Gasteiger partial charge in [0, 0.05) is 29.5 Å². The molecule has 8 nitrogen and oxygen atoms in total. The topological polar surface area (TPSA) is 112 Å². The lowest BCUT2D eigenvalue weighted by Gasteiger charge is -2.15. The van der Waals surface area contributed by atoms with E-state index in [1.165, 1.54) is 31.4 Å². The number of ether oxygens (including phenoxy) is 1. The van der Waals surface area contributed by atoms with Crippen LogP contribution in [0.3, 0.4) is 0 Å². The van der Waals surface area contributed by atoms with Gasteiger partial charge in [0.15, 0.2) is 0 Å². The summed E-state index contributed by atoms with van der Waals surface area (Å²) in [5, 5.41) is 0.728. The van der Waals surface area contributed by atoms with Crippen molar-refractivity contribution in [1.82, 2.24) is 14.3 Å². The van der Waals surface area contributed by atoms with Gasteiger partial charge in [0.25, 0.3) is 5.56 Å². The van der Waals surface area contributed by atoms with Crippen LogP contribution in [-0.2, 0) is 14.8 Å². The molecule has 0 radical (unpaired) electrons. The molecule has 9 heteroatoms. The first kappa shape index (κ1) is 19.7. The summed E-state index contributed by atoms with van der Waals surface area (Å²) < 4.78 is 31.7. The van der Waals surface area contributed by atoms with Gasteiger partial charge in [-0.25, -0.2) is 13.2 Å². The number of hydrogen-bond donors (Lipinski definition) is 2. The third kappa shape index (κ3) is 3.28. The molecule has 0 amide bonds. The van der Waals surface area contributed by atoms with Crippen molar-refractivity contribution in [1.29, 1.82) is 0 Å². The van der Waals surface area contributed by atoms with Gasteiger partial charge in [0.05, 0.1) is 23.6 Å². The quantitative estimate of drug-likeness (QED) is 0.483. The van der Waals surface area contributed by atoms with E-state index in [4.69, 9.17) is 11.2 Å². The molecule has 146 valence electrons. The molecule has 3 rings (SSSR count). The van der Waals surface area contributed by atoms with Crippen LogP contribution in [0, 0.1) is 12.3 Å². The number of pyridine rings is 1. The largest absolute Gasteiger partial charge is 0.462 e. The fraction of sp³-hybridized carbons (Fsp3) is 0.263. The second-order valence-electron chi connectivity index (χ2n) is 6.21. The number of esters is 1. The van der Waals surface area contributed by atoms with Crippen LogP contribution in [0.4, 0.5) is 0 Å². The number of nitrogens with one attached hydrogen (secondary N) is 2. The highest BCUT2D eigenvalue weighted by Gasteiger charge is 2.23. The number of aromatic amines is 2. The SMILES string of the molecule is C#CCN(C)S(=O)(=O)c1ccc2[nH]c(=O)c3[nH]cc(C(=O)OCCC)c3c2c1. The molecule has 0 aliphatic heterocycles. The van der Waals surface area contributed by atoms with Crippen LogP contribution in [-0.4, -0.2) is 48.9 Å². The number of benzene rings is 1. The monoisotopic (exact) mass is 401 g/mol. The Morgan fingerprint density at radius 3 is 2.79 bits per heavy atom. The highest BCUT2D eigenvalue weighted by molar-refractivity contribution is 7.89. The van der Waals surface area contributed by atoms with Crippen LogP contribution in [0.25, 0.3) is 21.8 Å². The van der Waals surface area contributed by atoms with Gasteiger partial charge < -0.3 is 14.7 Å². The van der Waals surface area contributed by atoms with Crippen molar-refractivity contribution >= 4 is 37.8 Å². The number of sulfonamides is 1. The second-order valence-corrected chi connectivity index (χ2v) is 8.26. The summed E-state index contributed by atoms with van der Waals surface area (Å²) in [4.78, 5) is 30.2. The van der Waals surface area contributed by atoms with Crippen LogP contribution in [0.5, 0.6) is 0 Å². The first-order valence-corrected chi connectivity index (χ1v) is 9.99. The Labute approximate surface area is 161 Å². The summed E-state index contributed by atoms with van der Waals surface area (Å²) in [5.74, 6) is 1.70. The molecule has 1 aromatic carbocycles. The summed E-state index contributed by atoms with van der Waals surface area (Å²) in [5.41, 5.74) is 0.325. The minimum atomic E-state index is -3.83. The molecule has 0 bridgehead atoms. The number of aromatic nitrogens is 2. The minimum absolute atomic E-state index is 0.000162. The summed E-state index contributed by atoms with van der Waals surface area (Å²) in [6.45, 7) is 2.02. The Bertz CT molecular complexity index is 1260. The second kappa shape index (κ2) is 7.50. The normalized spacial score (nSPS) is 11.8. The molecule has 0 saturated carbocycles. The van der Waals surface area contributed by atoms with E-state index in [1.807, 2.05) is 6.92 Å². The zero-order valence-corrected chi connectivity index (χ0v) is 16.2. The van der Waals surface area contributed by atoms with Gasteiger partial charge in [0.2, 0.25) is 10.0 Å². The van der Waals surface area contributed by atoms with Gasteiger partial charge in [-0.05, 0) is 24.6 Å². The van der Waals surface area contributed by atoms with E-state index in [-0.39, 0.29) is 29.1 Å². The predicted octanol–water partition coefficient (Wildman–Crippen LogP) is 1.83. The molecule has 0 saturated heterocycles. The highest BCUT2D eigenvalue weighted by Crippen LogP contribution is 2.28. The van der Waals surface area contributed by atoms with Gasteiger partial charge in [-0.1, -0.05) is 12.8 Å². The Balaban J connectivity index is 2.27. The average molecular weight is 401 g/mol. The van der Waals surface area contributed by atoms with E-state index in [9.17, 15) is 18.0 Å². The fourth-order valence-corrected chi connectivity index (χ4v) is 4.00. The lowest BCUT2D eigenvalue weighted by molar-refractivity contribution is 0.0507. The van der Waals surface area contributed by atoms with Crippen LogP contribution >= 0.6 is 0 Å². The van der Waals surface area contributed by atoms with Crippen molar-refractivity contribution in [3.63, 3.8) is 0 Å². The number of H-pyrrole nitrogens is 2. The predicted molar refractivity (Wildman–Crippen MR) is 106 cm³/mol. The number of fused-ring (bicyclic) bond motifs is 3. The van der Waals surface area contributed by atoms with E-state index in [0.717, 1.165) is 4.31 Å². The molecule has 0 spiro atoms. The maximum Gasteiger partial charge on any atom is 0.340 e. The maximum atomic E-state index is 12.7. The number of nitrogens with zero attached hydrogens (tertiary/aromatic N) is 1. The molecule has 2 N–H and O–H groups in total. The minimum Gasteiger partial charge on any atom is -0.462 e. The number of carbonyl (C=O) groups excluding carboxylic acids is 1. The van der Waals surface area contributed by atoms with E-state index in [0.29, 0.717) is 22.7 Å². The van der Waals surface area contributed by atoms with Crippen molar-refractivity contribution < 1.29 is 17.9 Å². The number of terminal acetylenes is 1. The summed E-state index contributed by atoms with van der Waals surface area (Å²) in [6, 6.07) is 4.29. The fourth-order valence-electron chi connectivity index (χ4n) is 2.89. The third-order valence-electron chi connectivity index (χ3n) is 4.30. The number of rotatable bonds is 6. The summed E-state index contributed by atoms with van der Waals surface area (Å²) in [7, 11) is -2.45. The first-order valence-electron chi connectivity index (χ1n) is 8.55. The zero-order valence-electron chi connectivity index (χ0n) is 15.4. The molecule has 0 aliphatic carbocycles. The van der Waals surface area contributed by atoms with Crippen molar-refractivity contribution in [3.05, 3.63) is 40.3 Å². The van der Waals surface area contributed by atoms with Gasteiger partial charge in [-0.15, -0.1) is 6.42 Å². The Morgan fingerprint density at radius 2 is 2.11 bits per heavy atom. The summed E-state index contributed by atoms with van der Waals surface area (Å²) in [6.07, 6.45) is 7.26. The van der Waals surface area contributed by atoms with Gasteiger partial charge in [-0.3, -0.25) is 4.79 Å². The average Bonchev–Trinajstić information content (AvgIpc) is 3.12. The molecule has 0 aliphatic rings. The molecule has 0 unspecified atom stereocenters. The van der Waals surface area contributed by atoms with Crippen molar-refractivity contribution in [2.24, 2.45) is 0 Å². The van der Waals surface area contributed by atoms with Gasteiger partial charge in [0.1, 0.15) is 5.52 Å². The van der Waals surface area contributed by atoms with Crippen LogP contribution < -0.4 is 5.56 Å². The third-order valence-corrected chi connectivity index (χ3v) is 6.09. The molecule has 2 aromatic heterocycles. The number of hydrogen-bond acceptors (Lipinski definition) is 5.